The smallest absolute Gasteiger partial charge is 0.335 e. The van der Waals surface area contributed by atoms with Crippen molar-refractivity contribution in [3.63, 3.8) is 0 Å². The molecule has 0 saturated heterocycles. The van der Waals surface area contributed by atoms with Crippen LogP contribution >= 0.6 is 0 Å². The Morgan fingerprint density at radius 2 is 1.88 bits per heavy atom. The SMILES string of the molecule is COc1ccccc1-c1c[nH]c2ncc(-c3cccc(C(=O)O)c3)cc12. The maximum Gasteiger partial charge on any atom is 0.335 e. The number of H-pyrrole nitrogens is 1. The Bertz CT molecular complexity index is 1120. The quantitative estimate of drug-likeness (QED) is 0.567. The number of rotatable bonds is 4. The van der Waals surface area contributed by atoms with Crippen LogP contribution in [0.15, 0.2) is 67.0 Å². The molecule has 0 fully saturated rings. The van der Waals surface area contributed by atoms with Gasteiger partial charge in [0.1, 0.15) is 11.4 Å². The molecule has 2 N–H and O–H groups in total. The van der Waals surface area contributed by atoms with E-state index in [1.807, 2.05) is 42.6 Å². The van der Waals surface area contributed by atoms with Crippen molar-refractivity contribution in [3.05, 3.63) is 72.6 Å². The number of fused-ring (bicyclic) bond motifs is 1. The zero-order valence-corrected chi connectivity index (χ0v) is 14.1. The van der Waals surface area contributed by atoms with Gasteiger partial charge in [0.25, 0.3) is 0 Å². The average Bonchev–Trinajstić information content (AvgIpc) is 3.11. The highest BCUT2D eigenvalue weighted by Gasteiger charge is 2.13. The van der Waals surface area contributed by atoms with E-state index in [-0.39, 0.29) is 5.56 Å². The van der Waals surface area contributed by atoms with Crippen LogP contribution in [0.2, 0.25) is 0 Å². The zero-order chi connectivity index (χ0) is 18.1. The molecule has 0 amide bonds. The van der Waals surface area contributed by atoms with Crippen LogP contribution in [0.1, 0.15) is 10.4 Å². The molecule has 2 aromatic carbocycles. The summed E-state index contributed by atoms with van der Waals surface area (Å²) >= 11 is 0. The van der Waals surface area contributed by atoms with Crippen molar-refractivity contribution < 1.29 is 14.6 Å². The van der Waals surface area contributed by atoms with Gasteiger partial charge < -0.3 is 14.8 Å². The molecule has 5 heteroatoms. The maximum absolute atomic E-state index is 11.2. The summed E-state index contributed by atoms with van der Waals surface area (Å²) in [6.45, 7) is 0. The van der Waals surface area contributed by atoms with Gasteiger partial charge >= 0.3 is 5.97 Å². The number of ether oxygens (including phenoxy) is 1. The van der Waals surface area contributed by atoms with Gasteiger partial charge in [-0.15, -0.1) is 0 Å². The normalized spacial score (nSPS) is 10.8. The number of hydrogen-bond acceptors (Lipinski definition) is 3. The number of pyridine rings is 1. The van der Waals surface area contributed by atoms with E-state index in [1.54, 1.807) is 31.5 Å². The van der Waals surface area contributed by atoms with Crippen molar-refractivity contribution in [1.82, 2.24) is 9.97 Å². The van der Waals surface area contributed by atoms with Gasteiger partial charge in [0.2, 0.25) is 0 Å². The van der Waals surface area contributed by atoms with E-state index >= 15 is 0 Å². The number of aromatic carboxylic acids is 1. The van der Waals surface area contributed by atoms with E-state index < -0.39 is 5.97 Å². The van der Waals surface area contributed by atoms with Gasteiger partial charge in [0.05, 0.1) is 12.7 Å². The van der Waals surface area contributed by atoms with Gasteiger partial charge in [0, 0.05) is 34.5 Å². The number of methoxy groups -OCH3 is 1. The minimum Gasteiger partial charge on any atom is -0.496 e. The Morgan fingerprint density at radius 1 is 1.04 bits per heavy atom. The highest BCUT2D eigenvalue weighted by atomic mass is 16.5. The maximum atomic E-state index is 11.2. The van der Waals surface area contributed by atoms with Crippen LogP contribution < -0.4 is 4.74 Å². The van der Waals surface area contributed by atoms with Crippen LogP contribution in [0.3, 0.4) is 0 Å². The molecule has 26 heavy (non-hydrogen) atoms. The van der Waals surface area contributed by atoms with Crippen LogP contribution in [0.5, 0.6) is 5.75 Å². The molecular weight excluding hydrogens is 328 g/mol. The van der Waals surface area contributed by atoms with Crippen molar-refractivity contribution in [2.75, 3.05) is 7.11 Å². The van der Waals surface area contributed by atoms with Gasteiger partial charge in [-0.2, -0.15) is 0 Å². The molecule has 128 valence electrons. The first kappa shape index (κ1) is 15.9. The lowest BCUT2D eigenvalue weighted by molar-refractivity contribution is 0.0697. The summed E-state index contributed by atoms with van der Waals surface area (Å²) in [7, 11) is 1.65. The molecule has 0 aliphatic heterocycles. The predicted octanol–water partition coefficient (Wildman–Crippen LogP) is 4.60. The third-order valence-electron chi connectivity index (χ3n) is 4.37. The second-order valence-corrected chi connectivity index (χ2v) is 5.91. The minimum absolute atomic E-state index is 0.251. The number of para-hydroxylation sites is 1. The lowest BCUT2D eigenvalue weighted by Crippen LogP contribution is -1.95. The van der Waals surface area contributed by atoms with E-state index in [2.05, 4.69) is 9.97 Å². The third kappa shape index (κ3) is 2.69. The van der Waals surface area contributed by atoms with Crippen LogP contribution in [-0.2, 0) is 0 Å². The molecule has 4 aromatic rings. The third-order valence-corrected chi connectivity index (χ3v) is 4.37. The molecule has 2 heterocycles. The van der Waals surface area contributed by atoms with Crippen molar-refractivity contribution in [3.8, 4) is 28.0 Å². The zero-order valence-electron chi connectivity index (χ0n) is 14.1. The highest BCUT2D eigenvalue weighted by molar-refractivity contribution is 5.97. The van der Waals surface area contributed by atoms with Gasteiger partial charge in [-0.1, -0.05) is 30.3 Å². The largest absolute Gasteiger partial charge is 0.496 e. The van der Waals surface area contributed by atoms with Crippen molar-refractivity contribution in [1.29, 1.82) is 0 Å². The summed E-state index contributed by atoms with van der Waals surface area (Å²) in [4.78, 5) is 18.9. The standard InChI is InChI=1S/C21H16N2O3/c1-26-19-8-3-2-7-16(19)18-12-23-20-17(18)10-15(11-22-20)13-5-4-6-14(9-13)21(24)25/h2-12H,1H3,(H,22,23)(H,24,25). The number of nitrogens with zero attached hydrogens (tertiary/aromatic N) is 1. The fourth-order valence-corrected chi connectivity index (χ4v) is 3.08. The summed E-state index contributed by atoms with van der Waals surface area (Å²) in [5.41, 5.74) is 4.65. The van der Waals surface area contributed by atoms with Gasteiger partial charge in [-0.3, -0.25) is 0 Å². The van der Waals surface area contributed by atoms with E-state index in [0.717, 1.165) is 39.0 Å². The van der Waals surface area contributed by atoms with Crippen molar-refractivity contribution >= 4 is 17.0 Å². The molecular formula is C21H16N2O3. The van der Waals surface area contributed by atoms with Gasteiger partial charge in [-0.25, -0.2) is 9.78 Å². The molecule has 0 bridgehead atoms. The number of aromatic amines is 1. The molecule has 0 radical (unpaired) electrons. The van der Waals surface area contributed by atoms with Crippen molar-refractivity contribution in [2.45, 2.75) is 0 Å². The Morgan fingerprint density at radius 3 is 2.69 bits per heavy atom. The number of hydrogen-bond donors (Lipinski definition) is 2. The Kier molecular flexibility index (Phi) is 3.89. The van der Waals surface area contributed by atoms with Crippen LogP contribution in [0.4, 0.5) is 0 Å². The summed E-state index contributed by atoms with van der Waals surface area (Å²) in [5.74, 6) is -0.163. The highest BCUT2D eigenvalue weighted by Crippen LogP contribution is 2.35. The second kappa shape index (κ2) is 6.37. The lowest BCUT2D eigenvalue weighted by Gasteiger charge is -2.08. The molecule has 0 atom stereocenters. The summed E-state index contributed by atoms with van der Waals surface area (Å²) < 4.78 is 5.48. The first-order chi connectivity index (χ1) is 12.7. The van der Waals surface area contributed by atoms with Crippen LogP contribution in [0, 0.1) is 0 Å². The monoisotopic (exact) mass is 344 g/mol. The summed E-state index contributed by atoms with van der Waals surface area (Å²) in [6, 6.07) is 16.7. The fourth-order valence-electron chi connectivity index (χ4n) is 3.08. The fraction of sp³-hybridized carbons (Fsp3) is 0.0476. The van der Waals surface area contributed by atoms with Crippen molar-refractivity contribution in [2.24, 2.45) is 0 Å². The number of nitrogens with one attached hydrogen (secondary N) is 1. The lowest BCUT2D eigenvalue weighted by atomic mass is 10.0. The molecule has 4 rings (SSSR count). The molecule has 0 unspecified atom stereocenters. The Hall–Kier alpha value is -3.60. The number of benzene rings is 2. The summed E-state index contributed by atoms with van der Waals surface area (Å²) in [5, 5.41) is 10.2. The summed E-state index contributed by atoms with van der Waals surface area (Å²) in [6.07, 6.45) is 3.65. The molecule has 0 aliphatic rings. The predicted molar refractivity (Wildman–Crippen MR) is 100 cm³/mol. The number of carbonyl (C=O) groups is 1. The van der Waals surface area contributed by atoms with Gasteiger partial charge in [-0.05, 0) is 29.8 Å². The van der Waals surface area contributed by atoms with E-state index in [0.29, 0.717) is 0 Å². The molecule has 0 spiro atoms. The average molecular weight is 344 g/mol. The van der Waals surface area contributed by atoms with E-state index in [1.165, 1.54) is 0 Å². The molecule has 0 saturated carbocycles. The molecule has 5 nitrogen and oxygen atoms in total. The second-order valence-electron chi connectivity index (χ2n) is 5.91. The van der Waals surface area contributed by atoms with Crippen LogP contribution in [0.25, 0.3) is 33.3 Å². The Balaban J connectivity index is 1.88. The topological polar surface area (TPSA) is 75.2 Å². The number of aromatic nitrogens is 2. The first-order valence-electron chi connectivity index (χ1n) is 8.11. The van der Waals surface area contributed by atoms with Gasteiger partial charge in [0.15, 0.2) is 0 Å². The van der Waals surface area contributed by atoms with E-state index in [9.17, 15) is 9.90 Å². The Labute approximate surface area is 149 Å². The van der Waals surface area contributed by atoms with E-state index in [4.69, 9.17) is 4.74 Å². The van der Waals surface area contributed by atoms with Crippen LogP contribution in [-0.4, -0.2) is 28.2 Å². The molecule has 0 aliphatic carbocycles. The molecule has 2 aromatic heterocycles. The minimum atomic E-state index is -0.947. The number of carboxylic acids is 1. The number of carboxylic acid groups (broad SMARTS) is 1. The first-order valence-corrected chi connectivity index (χ1v) is 8.11.